The molecule has 1 aliphatic rings. The van der Waals surface area contributed by atoms with Crippen molar-refractivity contribution >= 4 is 11.6 Å². The lowest BCUT2D eigenvalue weighted by atomic mass is 10.0. The average molecular weight is 325 g/mol. The van der Waals surface area contributed by atoms with Crippen LogP contribution in [0.3, 0.4) is 0 Å². The van der Waals surface area contributed by atoms with Crippen LogP contribution in [0.1, 0.15) is 24.8 Å². The van der Waals surface area contributed by atoms with Gasteiger partial charge in [0.1, 0.15) is 0 Å². The molecule has 0 amide bonds. The molecule has 3 rings (SSSR count). The van der Waals surface area contributed by atoms with Crippen molar-refractivity contribution in [1.82, 2.24) is 0 Å². The fourth-order valence-electron chi connectivity index (χ4n) is 2.55. The molecule has 5 nitrogen and oxygen atoms in total. The number of aliphatic imine (C=N–C) groups is 1. The molecule has 2 aromatic rings. The van der Waals surface area contributed by atoms with Crippen molar-refractivity contribution in [3.05, 3.63) is 54.1 Å². The maximum atomic E-state index is 6.01. The Hall–Kier alpha value is -2.69. The van der Waals surface area contributed by atoms with Crippen molar-refractivity contribution in [2.75, 3.05) is 25.1 Å². The van der Waals surface area contributed by atoms with Crippen LogP contribution in [0.15, 0.2) is 53.5 Å². The molecule has 2 aromatic carbocycles. The Morgan fingerprint density at radius 1 is 1.12 bits per heavy atom. The summed E-state index contributed by atoms with van der Waals surface area (Å²) in [6.45, 7) is 4.11. The minimum absolute atomic E-state index is 0.315. The number of hydrogen-bond donors (Lipinski definition) is 2. The zero-order chi connectivity index (χ0) is 16.8. The van der Waals surface area contributed by atoms with Gasteiger partial charge in [0, 0.05) is 30.6 Å². The third-order valence-corrected chi connectivity index (χ3v) is 3.92. The molecule has 0 fully saturated rings. The van der Waals surface area contributed by atoms with E-state index in [0.29, 0.717) is 31.6 Å². The second-order valence-electron chi connectivity index (χ2n) is 5.87. The highest BCUT2D eigenvalue weighted by Gasteiger charge is 2.11. The number of hydrogen-bond acceptors (Lipinski definition) is 3. The van der Waals surface area contributed by atoms with E-state index in [4.69, 9.17) is 15.2 Å². The molecular weight excluding hydrogens is 302 g/mol. The van der Waals surface area contributed by atoms with E-state index in [-0.39, 0.29) is 0 Å². The van der Waals surface area contributed by atoms with Crippen LogP contribution in [0.4, 0.5) is 5.69 Å². The summed E-state index contributed by atoms with van der Waals surface area (Å²) < 4.78 is 11.3. The first-order valence-electron chi connectivity index (χ1n) is 8.24. The molecule has 0 radical (unpaired) electrons. The van der Waals surface area contributed by atoms with E-state index >= 15 is 0 Å². The normalized spacial score (nSPS) is 15.5. The van der Waals surface area contributed by atoms with Crippen LogP contribution in [0, 0.1) is 0 Å². The predicted octanol–water partition coefficient (Wildman–Crippen LogP) is 3.38. The van der Waals surface area contributed by atoms with Crippen LogP contribution in [0.2, 0.25) is 0 Å². The molecule has 3 N–H and O–H groups in total. The molecule has 0 aliphatic carbocycles. The number of fused-ring (bicyclic) bond motifs is 1. The van der Waals surface area contributed by atoms with Crippen molar-refractivity contribution < 1.29 is 9.47 Å². The van der Waals surface area contributed by atoms with Gasteiger partial charge in [0.05, 0.1) is 13.2 Å². The monoisotopic (exact) mass is 325 g/mol. The van der Waals surface area contributed by atoms with Crippen molar-refractivity contribution in [2.24, 2.45) is 10.7 Å². The molecule has 0 saturated carbocycles. The van der Waals surface area contributed by atoms with Crippen LogP contribution in [-0.2, 0) is 0 Å². The van der Waals surface area contributed by atoms with E-state index in [1.807, 2.05) is 36.4 Å². The zero-order valence-electron chi connectivity index (χ0n) is 13.9. The van der Waals surface area contributed by atoms with Gasteiger partial charge in [-0.15, -0.1) is 0 Å². The van der Waals surface area contributed by atoms with Crippen molar-refractivity contribution in [3.8, 4) is 11.5 Å². The van der Waals surface area contributed by atoms with E-state index in [9.17, 15) is 0 Å². The first-order chi connectivity index (χ1) is 11.7. The summed E-state index contributed by atoms with van der Waals surface area (Å²) in [6, 6.07) is 16.0. The molecule has 24 heavy (non-hydrogen) atoms. The van der Waals surface area contributed by atoms with Crippen molar-refractivity contribution in [2.45, 2.75) is 19.3 Å². The number of nitrogens with two attached hydrogens (primary N) is 1. The van der Waals surface area contributed by atoms with Crippen LogP contribution in [0.5, 0.6) is 11.5 Å². The summed E-state index contributed by atoms with van der Waals surface area (Å²) in [5.41, 5.74) is 8.10. The SMILES string of the molecule is CC(CN=C(N)Nc1ccc2c(c1)OCCCO2)c1ccccc1. The Balaban J connectivity index is 1.62. The van der Waals surface area contributed by atoms with Crippen LogP contribution < -0.4 is 20.5 Å². The highest BCUT2D eigenvalue weighted by Crippen LogP contribution is 2.32. The van der Waals surface area contributed by atoms with Crippen LogP contribution >= 0.6 is 0 Å². The van der Waals surface area contributed by atoms with Crippen LogP contribution in [-0.4, -0.2) is 25.7 Å². The number of rotatable bonds is 4. The highest BCUT2D eigenvalue weighted by atomic mass is 16.5. The Labute approximate surface area is 142 Å². The molecule has 0 spiro atoms. The largest absolute Gasteiger partial charge is 0.490 e. The molecule has 0 saturated heterocycles. The van der Waals surface area contributed by atoms with E-state index < -0.39 is 0 Å². The van der Waals surface area contributed by atoms with Gasteiger partial charge < -0.3 is 20.5 Å². The third kappa shape index (κ3) is 4.19. The van der Waals surface area contributed by atoms with Crippen molar-refractivity contribution in [3.63, 3.8) is 0 Å². The van der Waals surface area contributed by atoms with Gasteiger partial charge >= 0.3 is 0 Å². The van der Waals surface area contributed by atoms with Crippen molar-refractivity contribution in [1.29, 1.82) is 0 Å². The van der Waals surface area contributed by atoms with Gasteiger partial charge in [-0.2, -0.15) is 0 Å². The maximum absolute atomic E-state index is 6.01. The fourth-order valence-corrected chi connectivity index (χ4v) is 2.55. The quantitative estimate of drug-likeness (QED) is 0.668. The summed E-state index contributed by atoms with van der Waals surface area (Å²) in [4.78, 5) is 4.44. The zero-order valence-corrected chi connectivity index (χ0v) is 13.9. The molecular formula is C19H23N3O2. The molecule has 0 bridgehead atoms. The third-order valence-electron chi connectivity index (χ3n) is 3.92. The molecule has 1 unspecified atom stereocenters. The molecule has 1 aliphatic heterocycles. The van der Waals surface area contributed by atoms with Gasteiger partial charge in [0.15, 0.2) is 17.5 Å². The molecule has 1 heterocycles. The Kier molecular flexibility index (Phi) is 5.21. The fraction of sp³-hybridized carbons (Fsp3) is 0.316. The molecule has 5 heteroatoms. The maximum Gasteiger partial charge on any atom is 0.193 e. The van der Waals surface area contributed by atoms with Gasteiger partial charge in [-0.3, -0.25) is 4.99 Å². The lowest BCUT2D eigenvalue weighted by molar-refractivity contribution is 0.297. The molecule has 0 aromatic heterocycles. The number of guanidine groups is 1. The standard InChI is InChI=1S/C19H23N3O2/c1-14(15-6-3-2-4-7-15)13-21-19(20)22-16-8-9-17-18(12-16)24-11-5-10-23-17/h2-4,6-9,12,14H,5,10-11,13H2,1H3,(H3,20,21,22). The number of benzene rings is 2. The molecule has 126 valence electrons. The minimum atomic E-state index is 0.315. The smallest absolute Gasteiger partial charge is 0.193 e. The average Bonchev–Trinajstić information content (AvgIpc) is 2.85. The summed E-state index contributed by atoms with van der Waals surface area (Å²) in [5.74, 6) is 2.22. The predicted molar refractivity (Wildman–Crippen MR) is 97.0 cm³/mol. The van der Waals surface area contributed by atoms with E-state index in [1.54, 1.807) is 0 Å². The van der Waals surface area contributed by atoms with Crippen LogP contribution in [0.25, 0.3) is 0 Å². The first-order valence-corrected chi connectivity index (χ1v) is 8.24. The summed E-state index contributed by atoms with van der Waals surface area (Å²) in [6.07, 6.45) is 0.887. The Bertz CT molecular complexity index is 701. The van der Waals surface area contributed by atoms with E-state index in [1.165, 1.54) is 5.56 Å². The summed E-state index contributed by atoms with van der Waals surface area (Å²) in [5, 5.41) is 3.11. The summed E-state index contributed by atoms with van der Waals surface area (Å²) in [7, 11) is 0. The number of nitrogens with one attached hydrogen (secondary N) is 1. The highest BCUT2D eigenvalue weighted by molar-refractivity contribution is 5.92. The van der Waals surface area contributed by atoms with Gasteiger partial charge in [0.25, 0.3) is 0 Å². The lowest BCUT2D eigenvalue weighted by Gasteiger charge is -2.12. The van der Waals surface area contributed by atoms with Gasteiger partial charge in [-0.1, -0.05) is 37.3 Å². The van der Waals surface area contributed by atoms with Gasteiger partial charge in [-0.25, -0.2) is 0 Å². The number of anilines is 1. The Morgan fingerprint density at radius 3 is 2.67 bits per heavy atom. The first kappa shape index (κ1) is 16.2. The number of ether oxygens (including phenoxy) is 2. The van der Waals surface area contributed by atoms with E-state index in [2.05, 4.69) is 29.4 Å². The Morgan fingerprint density at radius 2 is 1.88 bits per heavy atom. The van der Waals surface area contributed by atoms with Gasteiger partial charge in [-0.05, 0) is 17.7 Å². The topological polar surface area (TPSA) is 68.9 Å². The van der Waals surface area contributed by atoms with Gasteiger partial charge in [0.2, 0.25) is 0 Å². The lowest BCUT2D eigenvalue weighted by Crippen LogP contribution is -2.23. The number of nitrogens with zero attached hydrogens (tertiary/aromatic N) is 1. The second kappa shape index (κ2) is 7.73. The van der Waals surface area contributed by atoms with E-state index in [0.717, 1.165) is 23.6 Å². The second-order valence-corrected chi connectivity index (χ2v) is 5.87. The molecule has 1 atom stereocenters. The summed E-state index contributed by atoms with van der Waals surface area (Å²) >= 11 is 0. The minimum Gasteiger partial charge on any atom is -0.490 e.